The van der Waals surface area contributed by atoms with Crippen molar-refractivity contribution in [2.24, 2.45) is 7.05 Å². The third-order valence-corrected chi connectivity index (χ3v) is 5.07. The Morgan fingerprint density at radius 1 is 1.31 bits per heavy atom. The van der Waals surface area contributed by atoms with Crippen molar-refractivity contribution >= 4 is 51.6 Å². The predicted octanol–water partition coefficient (Wildman–Crippen LogP) is 3.28. The molecule has 1 aliphatic heterocycles. The van der Waals surface area contributed by atoms with Crippen LogP contribution in [0, 0.1) is 0 Å². The molecule has 1 fully saturated rings. The van der Waals surface area contributed by atoms with Crippen molar-refractivity contribution in [3.8, 4) is 0 Å². The Kier molecular flexibility index (Phi) is 4.42. The van der Waals surface area contributed by atoms with Crippen molar-refractivity contribution < 1.29 is 4.79 Å². The van der Waals surface area contributed by atoms with Crippen molar-refractivity contribution in [1.82, 2.24) is 19.7 Å². The maximum absolute atomic E-state index is 12.9. The van der Waals surface area contributed by atoms with Gasteiger partial charge in [0.05, 0.1) is 22.3 Å². The van der Waals surface area contributed by atoms with E-state index in [1.54, 1.807) is 29.1 Å². The molecule has 0 aliphatic carbocycles. The van der Waals surface area contributed by atoms with Crippen molar-refractivity contribution in [1.29, 1.82) is 0 Å². The first kappa shape index (κ1) is 17.1. The zero-order valence-corrected chi connectivity index (χ0v) is 15.5. The van der Waals surface area contributed by atoms with Gasteiger partial charge in [-0.25, -0.2) is 9.97 Å². The fourth-order valence-electron chi connectivity index (χ4n) is 3.28. The molecule has 0 radical (unpaired) electrons. The lowest BCUT2D eigenvalue weighted by Crippen LogP contribution is -2.40. The largest absolute Gasteiger partial charge is 0.344 e. The number of nitrogens with zero attached hydrogens (tertiary/aromatic N) is 5. The number of rotatable bonds is 3. The fraction of sp³-hybridized carbons (Fsp3) is 0.294. The maximum Gasteiger partial charge on any atom is 0.247 e. The summed E-state index contributed by atoms with van der Waals surface area (Å²) in [5, 5.41) is 8.90. The van der Waals surface area contributed by atoms with E-state index in [0.29, 0.717) is 15.7 Å². The summed E-state index contributed by atoms with van der Waals surface area (Å²) in [5.41, 5.74) is 1.28. The van der Waals surface area contributed by atoms with Crippen LogP contribution < -0.4 is 10.2 Å². The summed E-state index contributed by atoms with van der Waals surface area (Å²) in [6, 6.07) is 4.67. The van der Waals surface area contributed by atoms with Gasteiger partial charge < -0.3 is 10.2 Å². The van der Waals surface area contributed by atoms with Crippen LogP contribution in [0.3, 0.4) is 0 Å². The highest BCUT2D eigenvalue weighted by molar-refractivity contribution is 6.36. The number of anilines is 2. The predicted molar refractivity (Wildman–Crippen MR) is 102 cm³/mol. The molecule has 0 saturated carbocycles. The Balaban J connectivity index is 1.62. The van der Waals surface area contributed by atoms with Crippen LogP contribution in [0.25, 0.3) is 11.0 Å². The number of carbonyl (C=O) groups excluding carboxylic acids is 1. The van der Waals surface area contributed by atoms with Gasteiger partial charge in [-0.3, -0.25) is 9.48 Å². The Morgan fingerprint density at radius 2 is 2.15 bits per heavy atom. The van der Waals surface area contributed by atoms with E-state index in [2.05, 4.69) is 20.4 Å². The second-order valence-corrected chi connectivity index (χ2v) is 7.01. The van der Waals surface area contributed by atoms with Crippen LogP contribution in [0.1, 0.15) is 12.8 Å². The molecule has 1 saturated heterocycles. The van der Waals surface area contributed by atoms with Gasteiger partial charge in [-0.05, 0) is 31.0 Å². The van der Waals surface area contributed by atoms with Gasteiger partial charge in [0.2, 0.25) is 5.91 Å². The van der Waals surface area contributed by atoms with E-state index >= 15 is 0 Å². The molecule has 1 amide bonds. The van der Waals surface area contributed by atoms with Gasteiger partial charge in [0.1, 0.15) is 18.2 Å². The molecule has 3 aromatic rings. The summed E-state index contributed by atoms with van der Waals surface area (Å²) >= 11 is 12.1. The number of benzene rings is 1. The highest BCUT2D eigenvalue weighted by Gasteiger charge is 2.33. The van der Waals surface area contributed by atoms with Crippen LogP contribution in [-0.2, 0) is 11.8 Å². The number of fused-ring (bicyclic) bond motifs is 1. The lowest BCUT2D eigenvalue weighted by atomic mass is 10.2. The summed E-state index contributed by atoms with van der Waals surface area (Å²) in [6.07, 6.45) is 4.87. The Bertz CT molecular complexity index is 989. The number of halogens is 2. The highest BCUT2D eigenvalue weighted by atomic mass is 35.5. The first-order valence-electron chi connectivity index (χ1n) is 8.20. The van der Waals surface area contributed by atoms with E-state index in [-0.39, 0.29) is 11.9 Å². The van der Waals surface area contributed by atoms with E-state index in [1.165, 1.54) is 6.33 Å². The third kappa shape index (κ3) is 2.97. The molecule has 9 heteroatoms. The van der Waals surface area contributed by atoms with Gasteiger partial charge >= 0.3 is 0 Å². The minimum Gasteiger partial charge on any atom is -0.344 e. The third-order valence-electron chi connectivity index (χ3n) is 4.52. The monoisotopic (exact) mass is 390 g/mol. The van der Waals surface area contributed by atoms with E-state index in [4.69, 9.17) is 23.2 Å². The van der Waals surface area contributed by atoms with E-state index in [1.807, 2.05) is 11.9 Å². The first-order chi connectivity index (χ1) is 12.5. The van der Waals surface area contributed by atoms with Gasteiger partial charge in [-0.15, -0.1) is 0 Å². The van der Waals surface area contributed by atoms with Gasteiger partial charge in [0, 0.05) is 18.6 Å². The second-order valence-electron chi connectivity index (χ2n) is 6.17. The van der Waals surface area contributed by atoms with Crippen molar-refractivity contribution in [2.45, 2.75) is 18.9 Å². The minimum atomic E-state index is -0.333. The van der Waals surface area contributed by atoms with Crippen LogP contribution in [0.2, 0.25) is 10.0 Å². The smallest absolute Gasteiger partial charge is 0.247 e. The van der Waals surface area contributed by atoms with E-state index < -0.39 is 0 Å². The summed E-state index contributed by atoms with van der Waals surface area (Å²) in [5.74, 6) is 0.602. The normalized spacial score (nSPS) is 17.0. The number of hydrogen-bond acceptors (Lipinski definition) is 5. The molecule has 4 rings (SSSR count). The quantitative estimate of drug-likeness (QED) is 0.742. The lowest BCUT2D eigenvalue weighted by molar-refractivity contribution is -0.117. The van der Waals surface area contributed by atoms with Crippen LogP contribution >= 0.6 is 23.2 Å². The molecule has 0 bridgehead atoms. The molecule has 134 valence electrons. The topological polar surface area (TPSA) is 75.9 Å². The molecular formula is C17H16Cl2N6O. The number of amides is 1. The summed E-state index contributed by atoms with van der Waals surface area (Å²) < 4.78 is 1.69. The molecule has 1 N–H and O–H groups in total. The van der Waals surface area contributed by atoms with Gasteiger partial charge in [-0.2, -0.15) is 5.10 Å². The molecular weight excluding hydrogens is 375 g/mol. The SMILES string of the molecule is Cn1ncc2c(N3CCC[C@@H]3C(=O)Nc3ccc(Cl)cc3Cl)ncnc21. The molecule has 7 nitrogen and oxygen atoms in total. The van der Waals surface area contributed by atoms with Crippen LogP contribution in [-0.4, -0.2) is 38.2 Å². The summed E-state index contributed by atoms with van der Waals surface area (Å²) in [7, 11) is 1.83. The number of nitrogens with one attached hydrogen (secondary N) is 1. The standard InChI is InChI=1S/C17H16Cl2N6O/c1-24-15-11(8-22-24)16(21-9-20-15)25-6-2-3-14(25)17(26)23-13-5-4-10(18)7-12(13)19/h4-5,7-9,14H,2-3,6H2,1H3,(H,23,26)/t14-/m1/s1. The van der Waals surface area contributed by atoms with Gasteiger partial charge in [-0.1, -0.05) is 23.2 Å². The average molecular weight is 391 g/mol. The number of aromatic nitrogens is 4. The molecule has 1 aromatic carbocycles. The van der Waals surface area contributed by atoms with E-state index in [9.17, 15) is 4.79 Å². The summed E-state index contributed by atoms with van der Waals surface area (Å²) in [4.78, 5) is 23.5. The molecule has 3 heterocycles. The highest BCUT2D eigenvalue weighted by Crippen LogP contribution is 2.31. The van der Waals surface area contributed by atoms with Gasteiger partial charge in [0.25, 0.3) is 0 Å². The molecule has 1 atom stereocenters. The molecule has 2 aromatic heterocycles. The lowest BCUT2D eigenvalue weighted by Gasteiger charge is -2.25. The molecule has 1 aliphatic rings. The van der Waals surface area contributed by atoms with Crippen LogP contribution in [0.4, 0.5) is 11.5 Å². The Morgan fingerprint density at radius 3 is 2.96 bits per heavy atom. The second kappa shape index (κ2) is 6.74. The van der Waals surface area contributed by atoms with Crippen LogP contribution in [0.5, 0.6) is 0 Å². The first-order valence-corrected chi connectivity index (χ1v) is 8.95. The number of aryl methyl sites for hydroxylation is 1. The number of hydrogen-bond donors (Lipinski definition) is 1. The molecule has 26 heavy (non-hydrogen) atoms. The maximum atomic E-state index is 12.9. The average Bonchev–Trinajstić information content (AvgIpc) is 3.25. The van der Waals surface area contributed by atoms with Crippen molar-refractivity contribution in [3.63, 3.8) is 0 Å². The van der Waals surface area contributed by atoms with Crippen molar-refractivity contribution in [3.05, 3.63) is 40.8 Å². The molecule has 0 spiro atoms. The van der Waals surface area contributed by atoms with Crippen LogP contribution in [0.15, 0.2) is 30.7 Å². The zero-order chi connectivity index (χ0) is 18.3. The zero-order valence-electron chi connectivity index (χ0n) is 14.0. The molecule has 0 unspecified atom stereocenters. The Labute approximate surface area is 159 Å². The fourth-order valence-corrected chi connectivity index (χ4v) is 3.73. The minimum absolute atomic E-state index is 0.123. The van der Waals surface area contributed by atoms with E-state index in [0.717, 1.165) is 36.2 Å². The van der Waals surface area contributed by atoms with Gasteiger partial charge in [0.15, 0.2) is 5.65 Å². The Hall–Kier alpha value is -2.38. The summed E-state index contributed by atoms with van der Waals surface area (Å²) in [6.45, 7) is 0.743. The number of carbonyl (C=O) groups is 1. The van der Waals surface area contributed by atoms with Crippen molar-refractivity contribution in [2.75, 3.05) is 16.8 Å².